The molecule has 0 bridgehead atoms. The van der Waals surface area contributed by atoms with Crippen LogP contribution in [-0.4, -0.2) is 52.7 Å². The van der Waals surface area contributed by atoms with E-state index in [1.165, 1.54) is 0 Å². The van der Waals surface area contributed by atoms with Crippen LogP contribution in [0.5, 0.6) is 5.75 Å². The highest BCUT2D eigenvalue weighted by Crippen LogP contribution is 2.40. The minimum absolute atomic E-state index is 0.0178. The van der Waals surface area contributed by atoms with E-state index >= 15 is 0 Å². The molecule has 4 heterocycles. The lowest BCUT2D eigenvalue weighted by molar-refractivity contribution is -0.122. The number of likely N-dealkylation sites (tertiary alicyclic amines) is 1. The lowest BCUT2D eigenvalue weighted by atomic mass is 9.81. The fourth-order valence-electron chi connectivity index (χ4n) is 3.60. The fourth-order valence-corrected chi connectivity index (χ4v) is 3.60. The van der Waals surface area contributed by atoms with E-state index in [9.17, 15) is 4.79 Å². The van der Waals surface area contributed by atoms with Crippen LogP contribution in [0.2, 0.25) is 0 Å². The second-order valence-electron chi connectivity index (χ2n) is 6.81. The monoisotopic (exact) mass is 339 g/mol. The molecule has 0 saturated carbocycles. The average molecular weight is 339 g/mol. The summed E-state index contributed by atoms with van der Waals surface area (Å²) < 4.78 is 11.9. The van der Waals surface area contributed by atoms with Crippen LogP contribution >= 0.6 is 0 Å². The van der Waals surface area contributed by atoms with Gasteiger partial charge in [-0.1, -0.05) is 0 Å². The molecular formula is C19H21N3O3. The van der Waals surface area contributed by atoms with E-state index in [0.717, 1.165) is 24.3 Å². The third-order valence-electron chi connectivity index (χ3n) is 5.01. The maximum absolute atomic E-state index is 12.6. The van der Waals surface area contributed by atoms with E-state index < -0.39 is 0 Å². The lowest BCUT2D eigenvalue weighted by Crippen LogP contribution is -2.66. The Bertz CT molecular complexity index is 760. The van der Waals surface area contributed by atoms with Crippen molar-refractivity contribution in [3.05, 3.63) is 54.1 Å². The van der Waals surface area contributed by atoms with E-state index in [1.807, 2.05) is 30.0 Å². The first-order valence-corrected chi connectivity index (χ1v) is 8.54. The smallest absolute Gasteiger partial charge is 0.255 e. The van der Waals surface area contributed by atoms with Crippen molar-refractivity contribution in [1.82, 2.24) is 14.9 Å². The van der Waals surface area contributed by atoms with Crippen molar-refractivity contribution in [3.63, 3.8) is 0 Å². The van der Waals surface area contributed by atoms with Crippen LogP contribution in [0, 0.1) is 12.8 Å². The van der Waals surface area contributed by atoms with Crippen LogP contribution < -0.4 is 4.74 Å². The molecule has 2 aliphatic heterocycles. The molecule has 2 aromatic heterocycles. The molecule has 2 fully saturated rings. The second-order valence-corrected chi connectivity index (χ2v) is 6.81. The number of carbonyl (C=O) groups is 1. The molecule has 0 aliphatic carbocycles. The summed E-state index contributed by atoms with van der Waals surface area (Å²) in [5, 5.41) is 0. The van der Waals surface area contributed by atoms with E-state index in [2.05, 4.69) is 9.97 Å². The molecule has 0 unspecified atom stereocenters. The van der Waals surface area contributed by atoms with Gasteiger partial charge in [-0.3, -0.25) is 14.8 Å². The highest BCUT2D eigenvalue weighted by atomic mass is 16.5. The summed E-state index contributed by atoms with van der Waals surface area (Å²) in [4.78, 5) is 22.6. The molecule has 130 valence electrons. The fraction of sp³-hybridized carbons (Fsp3) is 0.421. The molecule has 0 radical (unpaired) electrons. The van der Waals surface area contributed by atoms with Gasteiger partial charge < -0.3 is 14.4 Å². The van der Waals surface area contributed by atoms with Gasteiger partial charge in [0, 0.05) is 31.1 Å². The molecule has 6 heteroatoms. The Kier molecular flexibility index (Phi) is 4.13. The molecule has 4 rings (SSSR count). The minimum atomic E-state index is -0.269. The van der Waals surface area contributed by atoms with Crippen LogP contribution in [0.25, 0.3) is 0 Å². The first kappa shape index (κ1) is 16.0. The topological polar surface area (TPSA) is 64.6 Å². The molecule has 2 aromatic rings. The Labute approximate surface area is 146 Å². The Hall–Kier alpha value is -2.47. The number of ether oxygens (including phenoxy) is 2. The van der Waals surface area contributed by atoms with E-state index in [0.29, 0.717) is 25.3 Å². The summed E-state index contributed by atoms with van der Waals surface area (Å²) in [6.07, 6.45) is 7.76. The van der Waals surface area contributed by atoms with Crippen LogP contribution in [0.1, 0.15) is 22.3 Å². The summed E-state index contributed by atoms with van der Waals surface area (Å²) in [6, 6.07) is 5.63. The number of amides is 1. The van der Waals surface area contributed by atoms with Gasteiger partial charge in [0.15, 0.2) is 0 Å². The number of aryl methyl sites for hydroxylation is 1. The highest BCUT2D eigenvalue weighted by Gasteiger charge is 2.54. The van der Waals surface area contributed by atoms with Crippen LogP contribution in [-0.2, 0) is 4.74 Å². The number of pyridine rings is 2. The summed E-state index contributed by atoms with van der Waals surface area (Å²) in [5.41, 5.74) is 1.35. The predicted molar refractivity (Wildman–Crippen MR) is 91.4 cm³/mol. The zero-order valence-corrected chi connectivity index (χ0v) is 14.2. The number of carbonyl (C=O) groups excluding carboxylic acids is 1. The molecule has 25 heavy (non-hydrogen) atoms. The summed E-state index contributed by atoms with van der Waals surface area (Å²) in [6.45, 7) is 4.46. The van der Waals surface area contributed by atoms with Gasteiger partial charge in [-0.2, -0.15) is 0 Å². The van der Waals surface area contributed by atoms with Crippen molar-refractivity contribution in [3.8, 4) is 5.75 Å². The number of hydrogen-bond donors (Lipinski definition) is 0. The largest absolute Gasteiger partial charge is 0.492 e. The van der Waals surface area contributed by atoms with Crippen molar-refractivity contribution in [1.29, 1.82) is 0 Å². The van der Waals surface area contributed by atoms with Gasteiger partial charge in [-0.25, -0.2) is 0 Å². The predicted octanol–water partition coefficient (Wildman–Crippen LogP) is 2.10. The minimum Gasteiger partial charge on any atom is -0.492 e. The van der Waals surface area contributed by atoms with Gasteiger partial charge in [0.1, 0.15) is 11.4 Å². The molecule has 2 aliphatic rings. The molecular weight excluding hydrogens is 318 g/mol. The van der Waals surface area contributed by atoms with Gasteiger partial charge in [0.05, 0.1) is 31.5 Å². The lowest BCUT2D eigenvalue weighted by Gasteiger charge is -2.50. The van der Waals surface area contributed by atoms with Gasteiger partial charge in [-0.05, 0) is 37.1 Å². The van der Waals surface area contributed by atoms with Crippen LogP contribution in [0.4, 0.5) is 0 Å². The highest BCUT2D eigenvalue weighted by molar-refractivity contribution is 5.94. The SMILES string of the molecule is Cc1cncc(C(=O)N2CC3(C2)OCC[C@@H]3COc2cccnc2)c1. The normalized spacial score (nSPS) is 21.2. The third kappa shape index (κ3) is 3.09. The van der Waals surface area contributed by atoms with E-state index in [-0.39, 0.29) is 17.4 Å². The zero-order valence-electron chi connectivity index (χ0n) is 14.2. The number of aromatic nitrogens is 2. The molecule has 1 atom stereocenters. The Balaban J connectivity index is 1.38. The maximum Gasteiger partial charge on any atom is 0.255 e. The molecule has 1 amide bonds. The van der Waals surface area contributed by atoms with Crippen molar-refractivity contribution < 1.29 is 14.3 Å². The van der Waals surface area contributed by atoms with Crippen LogP contribution in [0.3, 0.4) is 0 Å². The summed E-state index contributed by atoms with van der Waals surface area (Å²) in [7, 11) is 0. The number of hydrogen-bond acceptors (Lipinski definition) is 5. The first-order valence-electron chi connectivity index (χ1n) is 8.54. The molecule has 0 aromatic carbocycles. The summed E-state index contributed by atoms with van der Waals surface area (Å²) >= 11 is 0. The Morgan fingerprint density at radius 3 is 3.00 bits per heavy atom. The molecule has 0 N–H and O–H groups in total. The van der Waals surface area contributed by atoms with Gasteiger partial charge >= 0.3 is 0 Å². The van der Waals surface area contributed by atoms with E-state index in [4.69, 9.17) is 9.47 Å². The van der Waals surface area contributed by atoms with Gasteiger partial charge in [0.2, 0.25) is 0 Å². The second kappa shape index (κ2) is 6.44. The molecule has 2 saturated heterocycles. The average Bonchev–Trinajstić information content (AvgIpc) is 3.03. The van der Waals surface area contributed by atoms with Crippen molar-refractivity contribution in [2.24, 2.45) is 5.92 Å². The van der Waals surface area contributed by atoms with Crippen molar-refractivity contribution >= 4 is 5.91 Å². The van der Waals surface area contributed by atoms with Crippen molar-refractivity contribution in [2.75, 3.05) is 26.3 Å². The Morgan fingerprint density at radius 2 is 2.24 bits per heavy atom. The quantitative estimate of drug-likeness (QED) is 0.853. The third-order valence-corrected chi connectivity index (χ3v) is 5.01. The van der Waals surface area contributed by atoms with Crippen molar-refractivity contribution in [2.45, 2.75) is 18.9 Å². The molecule has 1 spiro atoms. The maximum atomic E-state index is 12.6. The van der Waals surface area contributed by atoms with Crippen LogP contribution in [0.15, 0.2) is 43.0 Å². The first-order chi connectivity index (χ1) is 12.2. The molecule has 6 nitrogen and oxygen atoms in total. The standard InChI is InChI=1S/C19H21N3O3/c1-14-7-15(9-21-8-14)18(23)22-12-19(13-22)16(4-6-25-19)11-24-17-3-2-5-20-10-17/h2-3,5,7-10,16H,4,6,11-13H2,1H3/t16-/m1/s1. The Morgan fingerprint density at radius 1 is 1.36 bits per heavy atom. The number of rotatable bonds is 4. The van der Waals surface area contributed by atoms with Gasteiger partial charge in [-0.15, -0.1) is 0 Å². The van der Waals surface area contributed by atoms with E-state index in [1.54, 1.807) is 24.8 Å². The number of nitrogens with zero attached hydrogens (tertiary/aromatic N) is 3. The summed E-state index contributed by atoms with van der Waals surface area (Å²) in [5.74, 6) is 1.07. The van der Waals surface area contributed by atoms with Gasteiger partial charge in [0.25, 0.3) is 5.91 Å². The zero-order chi connectivity index (χ0) is 17.3.